The predicted octanol–water partition coefficient (Wildman–Crippen LogP) is 7.52. The number of hydrogen-bond donors (Lipinski definition) is 7. The van der Waals surface area contributed by atoms with Crippen LogP contribution in [0.2, 0.25) is 0 Å². The molecule has 0 radical (unpaired) electrons. The topological polar surface area (TPSA) is 281 Å². The summed E-state index contributed by atoms with van der Waals surface area (Å²) in [5, 5.41) is 105. The molecule has 18 nitrogen and oxygen atoms in total. The number of azo groups is 2. The van der Waals surface area contributed by atoms with Gasteiger partial charge in [-0.1, -0.05) is 60.7 Å². The molecule has 296 valence electrons. The molecule has 6 rings (SSSR count). The number of non-ortho nitro benzene ring substituents is 2. The molecule has 0 bridgehead atoms. The molecule has 0 aliphatic heterocycles. The monoisotopic (exact) mass is 820 g/mol. The SMILES string of the molecule is O=[N+]([O-])c1ccc(O)c(N=Nc2c(O)ccc3ccccc23)c1.O=[N+]([O-])c1ccc(O)c(N=Nc2c(O)ccc3ccccc23)c1.OCCN(CCO)CCO.[Cr].[H+]. The summed E-state index contributed by atoms with van der Waals surface area (Å²) in [5.41, 5.74) is -0.0566. The van der Waals surface area contributed by atoms with Crippen LogP contribution in [-0.2, 0) is 17.4 Å². The number of benzene rings is 6. The van der Waals surface area contributed by atoms with Crippen molar-refractivity contribution in [1.82, 2.24) is 4.90 Å². The Hall–Kier alpha value is -6.59. The van der Waals surface area contributed by atoms with Gasteiger partial charge in [-0.25, -0.2) is 0 Å². The van der Waals surface area contributed by atoms with Gasteiger partial charge in [0.05, 0.1) is 29.7 Å². The fourth-order valence-corrected chi connectivity index (χ4v) is 5.08. The summed E-state index contributed by atoms with van der Waals surface area (Å²) in [6, 6.07) is 28.0. The summed E-state index contributed by atoms with van der Waals surface area (Å²) in [4.78, 5) is 22.2. The number of hydrogen-bond acceptors (Lipinski definition) is 16. The normalized spacial score (nSPS) is 10.9. The molecular weight excluding hydrogens is 782 g/mol. The molecule has 0 atom stereocenters. The molecule has 19 heteroatoms. The van der Waals surface area contributed by atoms with Gasteiger partial charge in [-0.2, -0.15) is 0 Å². The Labute approximate surface area is 336 Å². The third kappa shape index (κ3) is 12.5. The van der Waals surface area contributed by atoms with Gasteiger partial charge in [0, 0.05) is 72.0 Å². The molecule has 6 aromatic carbocycles. The fraction of sp³-hybridized carbons (Fsp3) is 0.158. The van der Waals surface area contributed by atoms with Gasteiger partial charge in [0.25, 0.3) is 11.4 Å². The summed E-state index contributed by atoms with van der Waals surface area (Å²) in [7, 11) is 0. The predicted molar refractivity (Wildman–Crippen MR) is 208 cm³/mol. The number of phenols is 4. The average Bonchev–Trinajstić information content (AvgIpc) is 3.19. The molecular formula is C38H38CrN7O11+. The summed E-state index contributed by atoms with van der Waals surface area (Å²) in [6.45, 7) is 1.75. The van der Waals surface area contributed by atoms with Crippen molar-refractivity contribution in [3.05, 3.63) is 129 Å². The van der Waals surface area contributed by atoms with Crippen molar-refractivity contribution in [1.29, 1.82) is 0 Å². The number of nitro groups is 2. The van der Waals surface area contributed by atoms with Crippen LogP contribution in [0.4, 0.5) is 34.1 Å². The summed E-state index contributed by atoms with van der Waals surface area (Å²) < 4.78 is 0. The summed E-state index contributed by atoms with van der Waals surface area (Å²) in [5.74, 6) is -0.618. The molecule has 0 saturated carbocycles. The maximum atomic E-state index is 10.8. The van der Waals surface area contributed by atoms with E-state index in [1.165, 1.54) is 36.4 Å². The average molecular weight is 821 g/mol. The molecule has 0 aliphatic carbocycles. The van der Waals surface area contributed by atoms with Crippen molar-refractivity contribution >= 4 is 55.7 Å². The number of aliphatic hydroxyl groups is 3. The fourth-order valence-electron chi connectivity index (χ4n) is 5.08. The van der Waals surface area contributed by atoms with E-state index < -0.39 is 9.85 Å². The van der Waals surface area contributed by atoms with E-state index in [0.29, 0.717) is 30.4 Å². The van der Waals surface area contributed by atoms with Crippen LogP contribution < -0.4 is 0 Å². The number of nitrogens with zero attached hydrogens (tertiary/aromatic N) is 7. The van der Waals surface area contributed by atoms with Gasteiger partial charge < -0.3 is 35.7 Å². The zero-order valence-corrected chi connectivity index (χ0v) is 31.2. The first-order valence-electron chi connectivity index (χ1n) is 16.7. The molecule has 6 aromatic rings. The minimum atomic E-state index is -0.589. The molecule has 0 aromatic heterocycles. The Balaban J connectivity index is 0.000000318. The molecule has 0 fully saturated rings. The van der Waals surface area contributed by atoms with Gasteiger partial charge >= 0.3 is 1.43 Å². The van der Waals surface area contributed by atoms with E-state index in [9.17, 15) is 40.7 Å². The van der Waals surface area contributed by atoms with E-state index >= 15 is 0 Å². The largest absolute Gasteiger partial charge is 1.00 e. The van der Waals surface area contributed by atoms with Crippen LogP contribution in [0.5, 0.6) is 23.0 Å². The molecule has 57 heavy (non-hydrogen) atoms. The van der Waals surface area contributed by atoms with Gasteiger partial charge in [-0.15, -0.1) is 20.5 Å². The zero-order chi connectivity index (χ0) is 40.6. The molecule has 0 aliphatic rings. The van der Waals surface area contributed by atoms with E-state index in [-0.39, 0.29) is 95.7 Å². The number of phenolic OH excluding ortho intramolecular Hbond substituents is 4. The second-order valence-electron chi connectivity index (χ2n) is 11.6. The van der Waals surface area contributed by atoms with Gasteiger partial charge in [0.2, 0.25) is 0 Å². The maximum absolute atomic E-state index is 10.8. The zero-order valence-electron chi connectivity index (χ0n) is 30.9. The van der Waals surface area contributed by atoms with Crippen molar-refractivity contribution in [3.8, 4) is 23.0 Å². The Morgan fingerprint density at radius 3 is 1.21 bits per heavy atom. The maximum Gasteiger partial charge on any atom is 1.00 e. The molecule has 0 saturated heterocycles. The van der Waals surface area contributed by atoms with Crippen LogP contribution >= 0.6 is 0 Å². The van der Waals surface area contributed by atoms with E-state index in [0.717, 1.165) is 22.9 Å². The number of nitro benzene ring substituents is 2. The van der Waals surface area contributed by atoms with Crippen LogP contribution in [0, 0.1) is 20.2 Å². The quantitative estimate of drug-likeness (QED) is 0.0358. The number of aliphatic hydroxyl groups excluding tert-OH is 3. The van der Waals surface area contributed by atoms with Crippen LogP contribution in [0.3, 0.4) is 0 Å². The third-order valence-electron chi connectivity index (χ3n) is 7.86. The van der Waals surface area contributed by atoms with E-state index in [1.54, 1.807) is 41.3 Å². The van der Waals surface area contributed by atoms with Crippen molar-refractivity contribution in [2.24, 2.45) is 20.5 Å². The van der Waals surface area contributed by atoms with Gasteiger partial charge in [-0.3, -0.25) is 25.1 Å². The van der Waals surface area contributed by atoms with E-state index in [4.69, 9.17) is 15.3 Å². The van der Waals surface area contributed by atoms with Crippen LogP contribution in [0.15, 0.2) is 130 Å². The van der Waals surface area contributed by atoms with Crippen molar-refractivity contribution in [3.63, 3.8) is 0 Å². The molecule has 0 heterocycles. The van der Waals surface area contributed by atoms with Crippen molar-refractivity contribution in [2.45, 2.75) is 0 Å². The van der Waals surface area contributed by atoms with Gasteiger partial charge in [0.15, 0.2) is 0 Å². The second-order valence-corrected chi connectivity index (χ2v) is 11.6. The first-order chi connectivity index (χ1) is 27.0. The van der Waals surface area contributed by atoms with Crippen molar-refractivity contribution < 1.29 is 64.4 Å². The van der Waals surface area contributed by atoms with Crippen LogP contribution in [0.1, 0.15) is 1.43 Å². The number of fused-ring (bicyclic) bond motifs is 2. The van der Waals surface area contributed by atoms with E-state index in [1.807, 2.05) is 24.3 Å². The molecule has 0 amide bonds. The summed E-state index contributed by atoms with van der Waals surface area (Å²) >= 11 is 0. The Morgan fingerprint density at radius 2 is 0.860 bits per heavy atom. The second kappa shape index (κ2) is 22.1. The Kier molecular flexibility index (Phi) is 17.4. The Bertz CT molecular complexity index is 2200. The van der Waals surface area contributed by atoms with Crippen LogP contribution in [0.25, 0.3) is 21.5 Å². The minimum absolute atomic E-state index is 0. The minimum Gasteiger partial charge on any atom is -0.506 e. The summed E-state index contributed by atoms with van der Waals surface area (Å²) in [6.07, 6.45) is 0. The molecule has 7 N–H and O–H groups in total. The standard InChI is InChI=1S/2C16H11N3O4.C6H15NO3.Cr/c2*20-14-8-6-11(19(22)23)9-13(14)17-18-16-12-4-2-1-3-10(12)5-7-15(16)21;8-4-1-7(2-5-9)3-6-10;/h2*1-9,20-21H;8-10H,1-6H2;/p+1. The number of rotatable bonds is 12. The third-order valence-corrected chi connectivity index (χ3v) is 7.86. The smallest absolute Gasteiger partial charge is 0.506 e. The number of aromatic hydroxyl groups is 4. The Morgan fingerprint density at radius 1 is 0.509 bits per heavy atom. The first kappa shape index (κ1) is 44.8. The van der Waals surface area contributed by atoms with Crippen LogP contribution in [-0.4, -0.2) is 89.9 Å². The van der Waals surface area contributed by atoms with E-state index in [2.05, 4.69) is 20.5 Å². The van der Waals surface area contributed by atoms with Gasteiger partial charge in [-0.05, 0) is 35.0 Å². The first-order valence-corrected chi connectivity index (χ1v) is 16.7. The molecule has 0 unspecified atom stereocenters. The van der Waals surface area contributed by atoms with Gasteiger partial charge in [0.1, 0.15) is 45.7 Å². The molecule has 0 spiro atoms. The van der Waals surface area contributed by atoms with Crippen molar-refractivity contribution in [2.75, 3.05) is 39.5 Å².